The first-order chi connectivity index (χ1) is 15.1. The molecule has 31 heavy (non-hydrogen) atoms. The number of nitrogens with one attached hydrogen (secondary N) is 2. The fourth-order valence-corrected chi connectivity index (χ4v) is 3.49. The molecular formula is C24H28N2O5. The van der Waals surface area contributed by atoms with Gasteiger partial charge in [0.15, 0.2) is 11.5 Å². The summed E-state index contributed by atoms with van der Waals surface area (Å²) >= 11 is 0. The van der Waals surface area contributed by atoms with Crippen molar-refractivity contribution in [2.45, 2.75) is 32.2 Å². The number of urea groups is 1. The van der Waals surface area contributed by atoms with Gasteiger partial charge in [-0.15, -0.1) is 0 Å². The Morgan fingerprint density at radius 3 is 2.48 bits per heavy atom. The maximum atomic E-state index is 12.7. The van der Waals surface area contributed by atoms with Gasteiger partial charge in [-0.25, -0.2) is 9.59 Å². The van der Waals surface area contributed by atoms with Crippen LogP contribution in [0.2, 0.25) is 0 Å². The van der Waals surface area contributed by atoms with Crippen molar-refractivity contribution in [3.63, 3.8) is 0 Å². The maximum absolute atomic E-state index is 12.7. The summed E-state index contributed by atoms with van der Waals surface area (Å²) in [4.78, 5) is 25.2. The van der Waals surface area contributed by atoms with E-state index in [4.69, 9.17) is 14.2 Å². The van der Waals surface area contributed by atoms with Crippen molar-refractivity contribution in [1.82, 2.24) is 10.6 Å². The van der Waals surface area contributed by atoms with E-state index >= 15 is 0 Å². The fourth-order valence-electron chi connectivity index (χ4n) is 3.49. The van der Waals surface area contributed by atoms with Crippen LogP contribution in [0, 0.1) is 0 Å². The van der Waals surface area contributed by atoms with Gasteiger partial charge in [0, 0.05) is 0 Å². The molecular weight excluding hydrogens is 396 g/mol. The highest BCUT2D eigenvalue weighted by Crippen LogP contribution is 2.36. The molecule has 164 valence electrons. The lowest BCUT2D eigenvalue weighted by Gasteiger charge is -2.29. The molecule has 0 fully saturated rings. The number of benzene rings is 2. The Morgan fingerprint density at radius 2 is 1.81 bits per heavy atom. The van der Waals surface area contributed by atoms with Crippen LogP contribution in [0.3, 0.4) is 0 Å². The van der Waals surface area contributed by atoms with Gasteiger partial charge in [-0.2, -0.15) is 0 Å². The van der Waals surface area contributed by atoms with Gasteiger partial charge in [0.1, 0.15) is 0 Å². The Labute approximate surface area is 182 Å². The molecule has 1 aliphatic heterocycles. The summed E-state index contributed by atoms with van der Waals surface area (Å²) in [7, 11) is 2.88. The van der Waals surface area contributed by atoms with E-state index < -0.39 is 18.0 Å². The molecule has 7 nitrogen and oxygen atoms in total. The zero-order chi connectivity index (χ0) is 22.2. The maximum Gasteiger partial charge on any atom is 0.338 e. The lowest BCUT2D eigenvalue weighted by Crippen LogP contribution is -2.45. The van der Waals surface area contributed by atoms with E-state index in [1.54, 1.807) is 19.2 Å². The first-order valence-corrected chi connectivity index (χ1v) is 10.3. The molecule has 0 bridgehead atoms. The van der Waals surface area contributed by atoms with Crippen LogP contribution >= 0.6 is 0 Å². The molecule has 0 spiro atoms. The fraction of sp³-hybridized carbons (Fsp3) is 0.333. The molecule has 2 aromatic carbocycles. The summed E-state index contributed by atoms with van der Waals surface area (Å²) in [5.41, 5.74) is 2.12. The Bertz CT molecular complexity index is 956. The Balaban J connectivity index is 2.01. The summed E-state index contributed by atoms with van der Waals surface area (Å²) < 4.78 is 16.4. The monoisotopic (exact) mass is 424 g/mol. The predicted octanol–water partition coefficient (Wildman–Crippen LogP) is 4.20. The smallest absolute Gasteiger partial charge is 0.338 e. The highest BCUT2D eigenvalue weighted by Gasteiger charge is 2.34. The number of carbonyl (C=O) groups is 2. The predicted molar refractivity (Wildman–Crippen MR) is 118 cm³/mol. The van der Waals surface area contributed by atoms with E-state index in [2.05, 4.69) is 17.6 Å². The van der Waals surface area contributed by atoms with E-state index in [9.17, 15) is 9.59 Å². The highest BCUT2D eigenvalue weighted by molar-refractivity contribution is 6.04. The van der Waals surface area contributed by atoms with E-state index in [0.29, 0.717) is 40.5 Å². The Hall–Kier alpha value is -3.48. The largest absolute Gasteiger partial charge is 0.493 e. The minimum absolute atomic E-state index is 0.312. The number of carbonyl (C=O) groups excluding carboxylic acids is 2. The second kappa shape index (κ2) is 10.5. The second-order valence-corrected chi connectivity index (χ2v) is 7.14. The van der Waals surface area contributed by atoms with E-state index in [1.807, 2.05) is 36.4 Å². The van der Waals surface area contributed by atoms with Crippen LogP contribution in [0.15, 0.2) is 54.1 Å². The van der Waals surface area contributed by atoms with Crippen molar-refractivity contribution in [3.05, 3.63) is 65.2 Å². The van der Waals surface area contributed by atoms with Crippen LogP contribution in [0.25, 0.3) is 5.70 Å². The number of ether oxygens (including phenoxy) is 3. The van der Waals surface area contributed by atoms with Crippen molar-refractivity contribution in [2.75, 3.05) is 20.8 Å². The summed E-state index contributed by atoms with van der Waals surface area (Å²) in [6.07, 6.45) is 3.17. The minimum Gasteiger partial charge on any atom is -0.493 e. The zero-order valence-corrected chi connectivity index (χ0v) is 18.1. The third kappa shape index (κ3) is 5.17. The molecule has 2 aromatic rings. The molecule has 0 aliphatic carbocycles. The van der Waals surface area contributed by atoms with Gasteiger partial charge in [0.2, 0.25) is 0 Å². The minimum atomic E-state index is -0.709. The molecule has 0 saturated carbocycles. The molecule has 1 heterocycles. The molecule has 1 unspecified atom stereocenters. The van der Waals surface area contributed by atoms with Crippen LogP contribution < -0.4 is 20.1 Å². The number of rotatable bonds is 9. The molecule has 3 rings (SSSR count). The van der Waals surface area contributed by atoms with Gasteiger partial charge in [-0.1, -0.05) is 56.2 Å². The Morgan fingerprint density at radius 1 is 1.03 bits per heavy atom. The van der Waals surface area contributed by atoms with Gasteiger partial charge in [0.05, 0.1) is 38.1 Å². The molecule has 1 aliphatic rings. The number of esters is 1. The number of hydrogen-bond acceptors (Lipinski definition) is 5. The molecule has 0 aromatic heterocycles. The SMILES string of the molecule is CCCCCOc1ccc(C2NC(=O)NC(c3ccccc3)=C2C(=O)OC)cc1OC. The number of methoxy groups -OCH3 is 2. The van der Waals surface area contributed by atoms with Crippen LogP contribution in [-0.2, 0) is 9.53 Å². The van der Waals surface area contributed by atoms with Gasteiger partial charge in [-0.05, 0) is 29.7 Å². The summed E-state index contributed by atoms with van der Waals surface area (Å²) in [6, 6.07) is 13.5. The summed E-state index contributed by atoms with van der Waals surface area (Å²) in [6.45, 7) is 2.73. The molecule has 2 N–H and O–H groups in total. The van der Waals surface area contributed by atoms with Gasteiger partial charge in [0.25, 0.3) is 0 Å². The molecule has 0 radical (unpaired) electrons. The van der Waals surface area contributed by atoms with E-state index in [-0.39, 0.29) is 0 Å². The normalized spacial score (nSPS) is 15.7. The van der Waals surface area contributed by atoms with Crippen molar-refractivity contribution in [1.29, 1.82) is 0 Å². The third-order valence-corrected chi connectivity index (χ3v) is 5.07. The Kier molecular flexibility index (Phi) is 7.54. The third-order valence-electron chi connectivity index (χ3n) is 5.07. The first-order valence-electron chi connectivity index (χ1n) is 10.3. The van der Waals surface area contributed by atoms with Crippen LogP contribution in [0.5, 0.6) is 11.5 Å². The lowest BCUT2D eigenvalue weighted by atomic mass is 9.92. The van der Waals surface area contributed by atoms with Gasteiger partial charge < -0.3 is 24.8 Å². The van der Waals surface area contributed by atoms with Crippen LogP contribution in [-0.4, -0.2) is 32.8 Å². The first kappa shape index (κ1) is 22.2. The molecule has 2 amide bonds. The zero-order valence-electron chi connectivity index (χ0n) is 18.1. The average Bonchev–Trinajstić information content (AvgIpc) is 2.81. The van der Waals surface area contributed by atoms with Gasteiger partial charge in [-0.3, -0.25) is 0 Å². The van der Waals surface area contributed by atoms with E-state index in [1.165, 1.54) is 7.11 Å². The van der Waals surface area contributed by atoms with E-state index in [0.717, 1.165) is 19.3 Å². The van der Waals surface area contributed by atoms with Gasteiger partial charge >= 0.3 is 12.0 Å². The average molecular weight is 424 g/mol. The standard InChI is InChI=1S/C24H28N2O5/c1-4-5-9-14-31-18-13-12-17(15-19(18)29-2)22-20(23(27)30-3)21(25-24(28)26-22)16-10-7-6-8-11-16/h6-8,10-13,15,22H,4-5,9,14H2,1-3H3,(H2,25,26,28). The quantitative estimate of drug-likeness (QED) is 0.465. The highest BCUT2D eigenvalue weighted by atomic mass is 16.5. The van der Waals surface area contributed by atoms with Crippen LogP contribution in [0.1, 0.15) is 43.4 Å². The summed E-state index contributed by atoms with van der Waals surface area (Å²) in [5.74, 6) is 0.622. The summed E-state index contributed by atoms with van der Waals surface area (Å²) in [5, 5.41) is 5.57. The molecule has 0 saturated heterocycles. The number of amides is 2. The topological polar surface area (TPSA) is 85.9 Å². The van der Waals surface area contributed by atoms with Crippen molar-refractivity contribution in [2.24, 2.45) is 0 Å². The van der Waals surface area contributed by atoms with Crippen molar-refractivity contribution >= 4 is 17.7 Å². The van der Waals surface area contributed by atoms with Crippen molar-refractivity contribution < 1.29 is 23.8 Å². The van der Waals surface area contributed by atoms with Crippen LogP contribution in [0.4, 0.5) is 4.79 Å². The number of hydrogen-bond donors (Lipinski definition) is 2. The second-order valence-electron chi connectivity index (χ2n) is 7.14. The lowest BCUT2D eigenvalue weighted by molar-refractivity contribution is -0.136. The molecule has 7 heteroatoms. The van der Waals surface area contributed by atoms with Crippen molar-refractivity contribution in [3.8, 4) is 11.5 Å². The number of unbranched alkanes of at least 4 members (excludes halogenated alkanes) is 2. The molecule has 1 atom stereocenters.